The molecule has 1 aliphatic heterocycles. The number of carbonyl (C=O) groups is 1. The van der Waals surface area contributed by atoms with Crippen LogP contribution in [0, 0.1) is 5.82 Å². The standard InChI is InChI=1S/C16H20FN5O2/c1-10(15-21-18-9-22(15)2)19-16(23)20-13-4-3-7-24-14-8-11(17)5-6-12(13)14/h5-6,8-10,13H,3-4,7H2,1-2H3,(H2,19,20,23). The molecule has 1 aromatic heterocycles. The molecule has 0 fully saturated rings. The minimum absolute atomic E-state index is 0.227. The number of amides is 2. The number of nitrogens with zero attached hydrogens (tertiary/aromatic N) is 3. The molecule has 1 aliphatic rings. The number of hydrogen-bond acceptors (Lipinski definition) is 4. The van der Waals surface area contributed by atoms with Crippen LogP contribution in [0.2, 0.25) is 0 Å². The Morgan fingerprint density at radius 1 is 1.50 bits per heavy atom. The van der Waals surface area contributed by atoms with E-state index in [2.05, 4.69) is 20.8 Å². The smallest absolute Gasteiger partial charge is 0.315 e. The number of aryl methyl sites for hydroxylation is 1. The minimum Gasteiger partial charge on any atom is -0.493 e. The van der Waals surface area contributed by atoms with E-state index in [0.29, 0.717) is 18.2 Å². The fourth-order valence-corrected chi connectivity index (χ4v) is 2.84. The quantitative estimate of drug-likeness (QED) is 0.902. The topological polar surface area (TPSA) is 81.1 Å². The number of ether oxygens (including phenoxy) is 1. The van der Waals surface area contributed by atoms with Gasteiger partial charge in [-0.2, -0.15) is 0 Å². The third-order valence-electron chi connectivity index (χ3n) is 4.03. The Hall–Kier alpha value is -2.64. The number of fused-ring (bicyclic) bond motifs is 1. The molecule has 2 amide bonds. The molecule has 128 valence electrons. The normalized spacial score (nSPS) is 18.0. The average molecular weight is 333 g/mol. The maximum absolute atomic E-state index is 13.4. The van der Waals surface area contributed by atoms with Crippen molar-refractivity contribution in [2.45, 2.75) is 31.8 Å². The Labute approximate surface area is 139 Å². The highest BCUT2D eigenvalue weighted by atomic mass is 19.1. The first-order valence-corrected chi connectivity index (χ1v) is 7.88. The van der Waals surface area contributed by atoms with Gasteiger partial charge in [-0.05, 0) is 25.8 Å². The second-order valence-electron chi connectivity index (χ2n) is 5.86. The van der Waals surface area contributed by atoms with Gasteiger partial charge in [0.05, 0.1) is 18.7 Å². The predicted molar refractivity (Wildman–Crippen MR) is 85.0 cm³/mol. The molecule has 8 heteroatoms. The van der Waals surface area contributed by atoms with E-state index < -0.39 is 0 Å². The fourth-order valence-electron chi connectivity index (χ4n) is 2.84. The highest BCUT2D eigenvalue weighted by Gasteiger charge is 2.23. The van der Waals surface area contributed by atoms with Crippen molar-refractivity contribution in [1.82, 2.24) is 25.4 Å². The number of urea groups is 1. The molecule has 3 rings (SSSR count). The lowest BCUT2D eigenvalue weighted by Gasteiger charge is -2.20. The monoisotopic (exact) mass is 333 g/mol. The van der Waals surface area contributed by atoms with Crippen LogP contribution in [0.25, 0.3) is 0 Å². The Balaban J connectivity index is 1.69. The van der Waals surface area contributed by atoms with Crippen molar-refractivity contribution in [1.29, 1.82) is 0 Å². The third kappa shape index (κ3) is 3.47. The summed E-state index contributed by atoms with van der Waals surface area (Å²) >= 11 is 0. The van der Waals surface area contributed by atoms with Crippen molar-refractivity contribution < 1.29 is 13.9 Å². The van der Waals surface area contributed by atoms with E-state index in [-0.39, 0.29) is 23.9 Å². The zero-order chi connectivity index (χ0) is 17.1. The maximum Gasteiger partial charge on any atom is 0.315 e. The molecule has 1 aromatic carbocycles. The lowest BCUT2D eigenvalue weighted by atomic mass is 10.0. The Morgan fingerprint density at radius 2 is 2.33 bits per heavy atom. The average Bonchev–Trinajstić information content (AvgIpc) is 2.87. The highest BCUT2D eigenvalue weighted by molar-refractivity contribution is 5.75. The Morgan fingerprint density at radius 3 is 3.08 bits per heavy atom. The minimum atomic E-state index is -0.352. The summed E-state index contributed by atoms with van der Waals surface area (Å²) in [6, 6.07) is 3.57. The van der Waals surface area contributed by atoms with Gasteiger partial charge in [0.1, 0.15) is 17.9 Å². The van der Waals surface area contributed by atoms with Gasteiger partial charge in [-0.1, -0.05) is 6.07 Å². The summed E-state index contributed by atoms with van der Waals surface area (Å²) in [5.41, 5.74) is 0.787. The second-order valence-corrected chi connectivity index (χ2v) is 5.86. The number of carbonyl (C=O) groups excluding carboxylic acids is 1. The SMILES string of the molecule is CC(NC(=O)NC1CCCOc2cc(F)ccc21)c1nncn1C. The van der Waals surface area contributed by atoms with Crippen LogP contribution in [-0.4, -0.2) is 27.4 Å². The van der Waals surface area contributed by atoms with Crippen LogP contribution in [0.5, 0.6) is 5.75 Å². The molecule has 24 heavy (non-hydrogen) atoms. The molecule has 0 spiro atoms. The van der Waals surface area contributed by atoms with Gasteiger partial charge in [0, 0.05) is 18.7 Å². The van der Waals surface area contributed by atoms with Crippen molar-refractivity contribution in [3.05, 3.63) is 41.7 Å². The molecule has 0 bridgehead atoms. The van der Waals surface area contributed by atoms with Gasteiger partial charge < -0.3 is 19.9 Å². The molecule has 0 aliphatic carbocycles. The van der Waals surface area contributed by atoms with Crippen molar-refractivity contribution in [3.8, 4) is 5.75 Å². The van der Waals surface area contributed by atoms with Crippen LogP contribution >= 0.6 is 0 Å². The molecular weight excluding hydrogens is 313 g/mol. The molecule has 0 saturated carbocycles. The van der Waals surface area contributed by atoms with Crippen molar-refractivity contribution in [2.24, 2.45) is 7.05 Å². The lowest BCUT2D eigenvalue weighted by molar-refractivity contribution is 0.232. The summed E-state index contributed by atoms with van der Waals surface area (Å²) in [5.74, 6) is 0.797. The highest BCUT2D eigenvalue weighted by Crippen LogP contribution is 2.32. The molecule has 0 saturated heterocycles. The van der Waals surface area contributed by atoms with Crippen LogP contribution < -0.4 is 15.4 Å². The molecule has 2 heterocycles. The first kappa shape index (κ1) is 16.2. The van der Waals surface area contributed by atoms with Crippen molar-refractivity contribution >= 4 is 6.03 Å². The van der Waals surface area contributed by atoms with Gasteiger partial charge in [0.2, 0.25) is 0 Å². The van der Waals surface area contributed by atoms with Crippen molar-refractivity contribution in [3.63, 3.8) is 0 Å². The molecule has 2 unspecified atom stereocenters. The largest absolute Gasteiger partial charge is 0.493 e. The second kappa shape index (κ2) is 6.86. The summed E-state index contributed by atoms with van der Waals surface area (Å²) in [4.78, 5) is 12.3. The van der Waals surface area contributed by atoms with Gasteiger partial charge in [-0.3, -0.25) is 0 Å². The van der Waals surface area contributed by atoms with Gasteiger partial charge in [-0.25, -0.2) is 9.18 Å². The van der Waals surface area contributed by atoms with Crippen LogP contribution in [0.1, 0.15) is 43.2 Å². The number of aromatic nitrogens is 3. The summed E-state index contributed by atoms with van der Waals surface area (Å²) in [6.45, 7) is 2.34. The first-order chi connectivity index (χ1) is 11.5. The number of benzene rings is 1. The van der Waals surface area contributed by atoms with Gasteiger partial charge in [0.25, 0.3) is 0 Å². The molecule has 2 atom stereocenters. The summed E-state index contributed by atoms with van der Waals surface area (Å²) in [7, 11) is 1.82. The van der Waals surface area contributed by atoms with Crippen LogP contribution in [0.3, 0.4) is 0 Å². The Bertz CT molecular complexity index is 733. The number of hydrogen-bond donors (Lipinski definition) is 2. The summed E-state index contributed by atoms with van der Waals surface area (Å²) < 4.78 is 20.7. The van der Waals surface area contributed by atoms with E-state index in [1.807, 2.05) is 14.0 Å². The molecule has 2 N–H and O–H groups in total. The lowest BCUT2D eigenvalue weighted by Crippen LogP contribution is -2.39. The summed E-state index contributed by atoms with van der Waals surface area (Å²) in [6.07, 6.45) is 3.09. The van der Waals surface area contributed by atoms with E-state index in [9.17, 15) is 9.18 Å². The van der Waals surface area contributed by atoms with E-state index in [0.717, 1.165) is 18.4 Å². The zero-order valence-corrected chi connectivity index (χ0v) is 13.6. The van der Waals surface area contributed by atoms with Gasteiger partial charge in [0.15, 0.2) is 5.82 Å². The Kier molecular flexibility index (Phi) is 4.64. The predicted octanol–water partition coefficient (Wildman–Crippen LogP) is 2.23. The number of nitrogens with one attached hydrogen (secondary N) is 2. The van der Waals surface area contributed by atoms with E-state index >= 15 is 0 Å². The van der Waals surface area contributed by atoms with Crippen molar-refractivity contribution in [2.75, 3.05) is 6.61 Å². The van der Waals surface area contributed by atoms with E-state index in [1.165, 1.54) is 12.1 Å². The van der Waals surface area contributed by atoms with E-state index in [4.69, 9.17) is 4.74 Å². The third-order valence-corrected chi connectivity index (χ3v) is 4.03. The van der Waals surface area contributed by atoms with Crippen LogP contribution in [-0.2, 0) is 7.05 Å². The van der Waals surface area contributed by atoms with Crippen LogP contribution in [0.4, 0.5) is 9.18 Å². The van der Waals surface area contributed by atoms with E-state index in [1.54, 1.807) is 17.0 Å². The number of halogens is 1. The van der Waals surface area contributed by atoms with Gasteiger partial charge in [-0.15, -0.1) is 10.2 Å². The summed E-state index contributed by atoms with van der Waals surface area (Å²) in [5, 5.41) is 13.6. The van der Waals surface area contributed by atoms with Crippen LogP contribution in [0.15, 0.2) is 24.5 Å². The van der Waals surface area contributed by atoms with Gasteiger partial charge >= 0.3 is 6.03 Å². The first-order valence-electron chi connectivity index (χ1n) is 7.88. The fraction of sp³-hybridized carbons (Fsp3) is 0.438. The molecule has 2 aromatic rings. The molecule has 0 radical (unpaired) electrons. The zero-order valence-electron chi connectivity index (χ0n) is 13.6. The molecular formula is C16H20FN5O2. The molecule has 7 nitrogen and oxygen atoms in total. The maximum atomic E-state index is 13.4. The number of rotatable bonds is 3.